The number of ether oxygens (including phenoxy) is 1. The van der Waals surface area contributed by atoms with Crippen molar-refractivity contribution < 1.29 is 18.5 Å². The summed E-state index contributed by atoms with van der Waals surface area (Å²) in [4.78, 5) is 18.6. The molecule has 0 spiro atoms. The van der Waals surface area contributed by atoms with Crippen LogP contribution in [0.4, 0.5) is 0 Å². The Morgan fingerprint density at radius 2 is 2.09 bits per heavy atom. The summed E-state index contributed by atoms with van der Waals surface area (Å²) < 4.78 is 16.5. The van der Waals surface area contributed by atoms with E-state index in [1.807, 2.05) is 26.8 Å². The van der Waals surface area contributed by atoms with E-state index in [0.717, 1.165) is 11.3 Å². The van der Waals surface area contributed by atoms with Gasteiger partial charge in [0.2, 0.25) is 0 Å². The minimum Gasteiger partial charge on any atom is -0.456 e. The van der Waals surface area contributed by atoms with E-state index < -0.39 is 6.10 Å². The van der Waals surface area contributed by atoms with Crippen molar-refractivity contribution >= 4 is 5.91 Å². The Morgan fingerprint density at radius 3 is 2.68 bits per heavy atom. The summed E-state index contributed by atoms with van der Waals surface area (Å²) in [5, 5.41) is 3.77. The minimum absolute atomic E-state index is 0.119. The molecule has 1 amide bonds. The highest BCUT2D eigenvalue weighted by molar-refractivity contribution is 5.93. The van der Waals surface area contributed by atoms with Crippen LogP contribution in [0.25, 0.3) is 0 Å². The molecule has 1 aliphatic rings. The van der Waals surface area contributed by atoms with Crippen LogP contribution in [-0.2, 0) is 4.74 Å². The first-order valence-corrected chi connectivity index (χ1v) is 7.26. The second-order valence-electron chi connectivity index (χ2n) is 5.69. The highest BCUT2D eigenvalue weighted by Crippen LogP contribution is 2.26. The van der Waals surface area contributed by atoms with Crippen LogP contribution in [0, 0.1) is 20.8 Å². The maximum atomic E-state index is 12.7. The molecule has 0 unspecified atom stereocenters. The number of furan rings is 1. The van der Waals surface area contributed by atoms with Crippen LogP contribution in [0.1, 0.15) is 46.6 Å². The van der Waals surface area contributed by atoms with E-state index in [9.17, 15) is 4.79 Å². The van der Waals surface area contributed by atoms with Crippen LogP contribution in [0.15, 0.2) is 15.0 Å². The Balaban J connectivity index is 1.81. The topological polar surface area (TPSA) is 81.6 Å². The largest absolute Gasteiger partial charge is 0.456 e. The number of aromatic nitrogens is 2. The zero-order valence-corrected chi connectivity index (χ0v) is 13.1. The maximum absolute atomic E-state index is 12.7. The molecule has 2 aromatic heterocycles. The Hall–Kier alpha value is -2.15. The van der Waals surface area contributed by atoms with Crippen molar-refractivity contribution in [3.63, 3.8) is 0 Å². The third kappa shape index (κ3) is 2.76. The zero-order chi connectivity index (χ0) is 15.9. The molecule has 0 aromatic carbocycles. The first-order chi connectivity index (χ1) is 10.4. The highest BCUT2D eigenvalue weighted by atomic mass is 16.5. The van der Waals surface area contributed by atoms with E-state index in [2.05, 4.69) is 10.1 Å². The lowest BCUT2D eigenvalue weighted by Gasteiger charge is -2.34. The van der Waals surface area contributed by atoms with Crippen LogP contribution in [0.3, 0.4) is 0 Å². The molecule has 22 heavy (non-hydrogen) atoms. The summed E-state index contributed by atoms with van der Waals surface area (Å²) in [6.07, 6.45) is -0.531. The van der Waals surface area contributed by atoms with Gasteiger partial charge in [0.1, 0.15) is 5.76 Å². The van der Waals surface area contributed by atoms with Gasteiger partial charge in [-0.1, -0.05) is 5.16 Å². The van der Waals surface area contributed by atoms with Gasteiger partial charge in [0, 0.05) is 12.1 Å². The molecule has 0 N–H and O–H groups in total. The molecule has 1 fully saturated rings. The Morgan fingerprint density at radius 1 is 1.32 bits per heavy atom. The Kier molecular flexibility index (Phi) is 3.74. The van der Waals surface area contributed by atoms with Gasteiger partial charge in [0.05, 0.1) is 12.6 Å². The van der Waals surface area contributed by atoms with Gasteiger partial charge in [-0.2, -0.15) is 4.98 Å². The van der Waals surface area contributed by atoms with Crippen molar-refractivity contribution in [2.75, 3.05) is 13.1 Å². The fraction of sp³-hybridized carbons (Fsp3) is 0.533. The molecule has 3 rings (SSSR count). The fourth-order valence-corrected chi connectivity index (χ4v) is 2.69. The number of carbonyl (C=O) groups excluding carboxylic acids is 1. The SMILES string of the molecule is Cc1noc([C@H]2CN(C(=O)c3oc(C)cc3C)C[C@@H](C)O2)n1. The molecule has 0 aliphatic carbocycles. The van der Waals surface area contributed by atoms with Crippen molar-refractivity contribution in [3.05, 3.63) is 34.9 Å². The van der Waals surface area contributed by atoms with E-state index in [1.165, 1.54) is 0 Å². The molecule has 0 radical (unpaired) electrons. The van der Waals surface area contributed by atoms with E-state index in [0.29, 0.717) is 30.6 Å². The summed E-state index contributed by atoms with van der Waals surface area (Å²) in [5.74, 6) is 1.92. The molecule has 1 saturated heterocycles. The fourth-order valence-electron chi connectivity index (χ4n) is 2.69. The quantitative estimate of drug-likeness (QED) is 0.846. The lowest BCUT2D eigenvalue weighted by Crippen LogP contribution is -2.46. The van der Waals surface area contributed by atoms with Crippen molar-refractivity contribution in [1.29, 1.82) is 0 Å². The monoisotopic (exact) mass is 305 g/mol. The van der Waals surface area contributed by atoms with E-state index >= 15 is 0 Å². The summed E-state index contributed by atoms with van der Waals surface area (Å²) in [5.41, 5.74) is 0.840. The average Bonchev–Trinajstić information content (AvgIpc) is 3.03. The zero-order valence-electron chi connectivity index (χ0n) is 13.1. The molecule has 0 bridgehead atoms. The third-order valence-corrected chi connectivity index (χ3v) is 3.60. The Labute approximate surface area is 128 Å². The third-order valence-electron chi connectivity index (χ3n) is 3.60. The summed E-state index contributed by atoms with van der Waals surface area (Å²) in [7, 11) is 0. The predicted molar refractivity (Wildman–Crippen MR) is 76.4 cm³/mol. The number of morpholine rings is 1. The van der Waals surface area contributed by atoms with Gasteiger partial charge in [-0.3, -0.25) is 4.79 Å². The number of nitrogens with zero attached hydrogens (tertiary/aromatic N) is 3. The van der Waals surface area contributed by atoms with E-state index in [-0.39, 0.29) is 12.0 Å². The normalized spacial score (nSPS) is 22.1. The molecule has 118 valence electrons. The smallest absolute Gasteiger partial charge is 0.290 e. The van der Waals surface area contributed by atoms with E-state index in [4.69, 9.17) is 13.7 Å². The first kappa shape index (κ1) is 14.8. The molecule has 7 nitrogen and oxygen atoms in total. The summed E-state index contributed by atoms with van der Waals surface area (Å²) in [6, 6.07) is 1.86. The van der Waals surface area contributed by atoms with Crippen molar-refractivity contribution in [3.8, 4) is 0 Å². The standard InChI is InChI=1S/C15H19N3O4/c1-8-5-9(2)21-13(8)15(19)18-6-10(3)20-12(7-18)14-16-11(4)17-22-14/h5,10,12H,6-7H2,1-4H3/t10-,12-/m1/s1. The molecular weight excluding hydrogens is 286 g/mol. The molecule has 7 heteroatoms. The van der Waals surface area contributed by atoms with Crippen molar-refractivity contribution in [1.82, 2.24) is 15.0 Å². The highest BCUT2D eigenvalue weighted by Gasteiger charge is 2.34. The van der Waals surface area contributed by atoms with Gasteiger partial charge in [0.15, 0.2) is 17.7 Å². The van der Waals surface area contributed by atoms with Crippen molar-refractivity contribution in [2.45, 2.75) is 39.9 Å². The average molecular weight is 305 g/mol. The second-order valence-corrected chi connectivity index (χ2v) is 5.69. The summed E-state index contributed by atoms with van der Waals surface area (Å²) in [6.45, 7) is 8.22. The van der Waals surface area contributed by atoms with Crippen molar-refractivity contribution in [2.24, 2.45) is 0 Å². The second kappa shape index (κ2) is 5.57. The first-order valence-electron chi connectivity index (χ1n) is 7.26. The number of hydrogen-bond donors (Lipinski definition) is 0. The lowest BCUT2D eigenvalue weighted by atomic mass is 10.2. The van der Waals surface area contributed by atoms with Crippen LogP contribution in [0.5, 0.6) is 0 Å². The maximum Gasteiger partial charge on any atom is 0.290 e. The van der Waals surface area contributed by atoms with Crippen LogP contribution in [0.2, 0.25) is 0 Å². The van der Waals surface area contributed by atoms with Gasteiger partial charge >= 0.3 is 0 Å². The number of aryl methyl sites for hydroxylation is 3. The van der Waals surface area contributed by atoms with Gasteiger partial charge in [0.25, 0.3) is 11.8 Å². The number of amides is 1. The number of rotatable bonds is 2. The van der Waals surface area contributed by atoms with Crippen LogP contribution < -0.4 is 0 Å². The van der Waals surface area contributed by atoms with E-state index in [1.54, 1.807) is 11.8 Å². The number of hydrogen-bond acceptors (Lipinski definition) is 6. The van der Waals surface area contributed by atoms with Gasteiger partial charge < -0.3 is 18.6 Å². The van der Waals surface area contributed by atoms with Gasteiger partial charge in [-0.05, 0) is 33.8 Å². The molecule has 2 aromatic rings. The van der Waals surface area contributed by atoms with Gasteiger partial charge in [-0.25, -0.2) is 0 Å². The Bertz CT molecular complexity index is 691. The lowest BCUT2D eigenvalue weighted by molar-refractivity contribution is -0.0815. The predicted octanol–water partition coefficient (Wildman–Crippen LogP) is 2.19. The molecule has 2 atom stereocenters. The van der Waals surface area contributed by atoms with Crippen LogP contribution >= 0.6 is 0 Å². The molecule has 1 aliphatic heterocycles. The van der Waals surface area contributed by atoms with Gasteiger partial charge in [-0.15, -0.1) is 0 Å². The molecule has 0 saturated carbocycles. The molecule has 3 heterocycles. The number of carbonyl (C=O) groups is 1. The minimum atomic E-state index is -0.412. The summed E-state index contributed by atoms with van der Waals surface area (Å²) >= 11 is 0. The molecular formula is C15H19N3O4. The van der Waals surface area contributed by atoms with Crippen LogP contribution in [-0.4, -0.2) is 40.1 Å².